The van der Waals surface area contributed by atoms with Gasteiger partial charge in [-0.2, -0.15) is 0 Å². The van der Waals surface area contributed by atoms with Crippen molar-refractivity contribution in [3.05, 3.63) is 59.7 Å². The SMILES string of the molecule is C#Cc1ccccc1C(C(=O)Nc1ccc(OC)cc1)N(C(=O)C(CCC(N)=O)NC(=O)OC(C)(C)C)C(C)CCC(C)C. The second-order valence-electron chi connectivity index (χ2n) is 12.1. The third-order valence-electron chi connectivity index (χ3n) is 6.85. The molecule has 0 aromatic heterocycles. The molecule has 0 saturated heterocycles. The zero-order chi connectivity index (χ0) is 33.0. The van der Waals surface area contributed by atoms with Gasteiger partial charge in [0.2, 0.25) is 11.8 Å². The number of carbonyl (C=O) groups excluding carboxylic acids is 4. The molecule has 2 rings (SSSR count). The highest BCUT2D eigenvalue weighted by atomic mass is 16.6. The van der Waals surface area contributed by atoms with Crippen LogP contribution in [0.25, 0.3) is 0 Å². The molecule has 4 amide bonds. The zero-order valence-electron chi connectivity index (χ0n) is 26.8. The molecule has 10 heteroatoms. The van der Waals surface area contributed by atoms with Gasteiger partial charge in [0, 0.05) is 23.7 Å². The van der Waals surface area contributed by atoms with Crippen molar-refractivity contribution in [1.29, 1.82) is 0 Å². The molecule has 44 heavy (non-hydrogen) atoms. The summed E-state index contributed by atoms with van der Waals surface area (Å²) in [5.41, 5.74) is 5.96. The third kappa shape index (κ3) is 11.0. The largest absolute Gasteiger partial charge is 0.497 e. The highest BCUT2D eigenvalue weighted by molar-refractivity contribution is 5.99. The number of nitrogens with two attached hydrogens (primary N) is 1. The number of anilines is 1. The van der Waals surface area contributed by atoms with Crippen LogP contribution < -0.4 is 21.1 Å². The van der Waals surface area contributed by atoms with Crippen molar-refractivity contribution in [3.63, 3.8) is 0 Å². The lowest BCUT2D eigenvalue weighted by Crippen LogP contribution is -2.55. The first kappa shape index (κ1) is 35.7. The van der Waals surface area contributed by atoms with Crippen molar-refractivity contribution in [2.75, 3.05) is 12.4 Å². The quantitative estimate of drug-likeness (QED) is 0.254. The van der Waals surface area contributed by atoms with Gasteiger partial charge in [0.1, 0.15) is 23.4 Å². The summed E-state index contributed by atoms with van der Waals surface area (Å²) in [4.78, 5) is 54.9. The molecule has 2 aromatic rings. The maximum atomic E-state index is 14.6. The van der Waals surface area contributed by atoms with Crippen molar-refractivity contribution in [1.82, 2.24) is 10.2 Å². The summed E-state index contributed by atoms with van der Waals surface area (Å²) in [6, 6.07) is 10.8. The molecule has 10 nitrogen and oxygen atoms in total. The third-order valence-corrected chi connectivity index (χ3v) is 6.85. The van der Waals surface area contributed by atoms with E-state index in [1.165, 1.54) is 4.90 Å². The lowest BCUT2D eigenvalue weighted by Gasteiger charge is -2.39. The Balaban J connectivity index is 2.69. The molecule has 0 aliphatic heterocycles. The maximum absolute atomic E-state index is 14.6. The number of alkyl carbamates (subject to hydrolysis) is 1. The van der Waals surface area contributed by atoms with Gasteiger partial charge >= 0.3 is 6.09 Å². The fraction of sp³-hybridized carbons (Fsp3) is 0.471. The van der Waals surface area contributed by atoms with Gasteiger partial charge in [0.25, 0.3) is 5.91 Å². The lowest BCUT2D eigenvalue weighted by atomic mass is 9.94. The van der Waals surface area contributed by atoms with Gasteiger partial charge in [-0.15, -0.1) is 6.42 Å². The summed E-state index contributed by atoms with van der Waals surface area (Å²) in [5, 5.41) is 5.54. The molecule has 0 aliphatic rings. The molecule has 3 unspecified atom stereocenters. The number of nitrogens with one attached hydrogen (secondary N) is 2. The van der Waals surface area contributed by atoms with Gasteiger partial charge in [-0.05, 0) is 88.8 Å². The van der Waals surface area contributed by atoms with Crippen molar-refractivity contribution in [2.45, 2.75) is 91.0 Å². The van der Waals surface area contributed by atoms with Gasteiger partial charge in [0.15, 0.2) is 0 Å². The van der Waals surface area contributed by atoms with Crippen LogP contribution in [-0.2, 0) is 19.1 Å². The molecule has 4 N–H and O–H groups in total. The second kappa shape index (κ2) is 16.4. The Morgan fingerprint density at radius 3 is 2.16 bits per heavy atom. The molecule has 0 heterocycles. The average Bonchev–Trinajstić information content (AvgIpc) is 2.95. The number of benzene rings is 2. The van der Waals surface area contributed by atoms with E-state index in [9.17, 15) is 19.2 Å². The van der Waals surface area contributed by atoms with Crippen molar-refractivity contribution in [3.8, 4) is 18.1 Å². The summed E-state index contributed by atoms with van der Waals surface area (Å²) in [5.74, 6) is 1.85. The van der Waals surface area contributed by atoms with E-state index in [-0.39, 0.29) is 12.8 Å². The van der Waals surface area contributed by atoms with Crippen LogP contribution in [0, 0.1) is 18.3 Å². The fourth-order valence-electron chi connectivity index (χ4n) is 4.66. The number of rotatable bonds is 14. The molecule has 0 fully saturated rings. The van der Waals surface area contributed by atoms with Crippen LogP contribution in [0.15, 0.2) is 48.5 Å². The number of hydrogen-bond acceptors (Lipinski definition) is 6. The van der Waals surface area contributed by atoms with Crippen molar-refractivity contribution in [2.24, 2.45) is 11.7 Å². The number of carbonyl (C=O) groups is 4. The Hall–Kier alpha value is -4.52. The normalized spacial score (nSPS) is 13.2. The number of methoxy groups -OCH3 is 1. The molecule has 3 atom stereocenters. The van der Waals surface area contributed by atoms with Crippen LogP contribution >= 0.6 is 0 Å². The number of primary amides is 1. The molecule has 0 spiro atoms. The smallest absolute Gasteiger partial charge is 0.408 e. The number of nitrogens with zero attached hydrogens (tertiary/aromatic N) is 1. The van der Waals surface area contributed by atoms with Gasteiger partial charge in [-0.25, -0.2) is 4.79 Å². The van der Waals surface area contributed by atoms with E-state index in [4.69, 9.17) is 21.6 Å². The first-order chi connectivity index (χ1) is 20.7. The summed E-state index contributed by atoms with van der Waals surface area (Å²) in [6.07, 6.45) is 6.08. The first-order valence-corrected chi connectivity index (χ1v) is 14.8. The predicted octanol–water partition coefficient (Wildman–Crippen LogP) is 5.17. The Morgan fingerprint density at radius 1 is 0.977 bits per heavy atom. The Bertz CT molecular complexity index is 1330. The van der Waals surface area contributed by atoms with Gasteiger partial charge < -0.3 is 30.7 Å². The van der Waals surface area contributed by atoms with Gasteiger partial charge in [-0.1, -0.05) is 38.0 Å². The van der Waals surface area contributed by atoms with Crippen LogP contribution in [0.3, 0.4) is 0 Å². The monoisotopic (exact) mass is 606 g/mol. The first-order valence-electron chi connectivity index (χ1n) is 14.8. The van der Waals surface area contributed by atoms with E-state index in [2.05, 4.69) is 30.4 Å². The average molecular weight is 607 g/mol. The van der Waals surface area contributed by atoms with Crippen LogP contribution in [0.4, 0.5) is 10.5 Å². The molecule has 2 aromatic carbocycles. The van der Waals surface area contributed by atoms with E-state index in [0.717, 1.165) is 6.42 Å². The molecular formula is C34H46N4O6. The predicted molar refractivity (Wildman–Crippen MR) is 171 cm³/mol. The minimum atomic E-state index is -1.21. The number of ether oxygens (including phenoxy) is 2. The minimum Gasteiger partial charge on any atom is -0.497 e. The number of amides is 4. The molecular weight excluding hydrogens is 560 g/mol. The summed E-state index contributed by atoms with van der Waals surface area (Å²) >= 11 is 0. The van der Waals surface area contributed by atoms with Crippen LogP contribution in [0.5, 0.6) is 5.75 Å². The minimum absolute atomic E-state index is 0.0928. The van der Waals surface area contributed by atoms with E-state index in [0.29, 0.717) is 34.9 Å². The zero-order valence-corrected chi connectivity index (χ0v) is 26.8. The van der Waals surface area contributed by atoms with E-state index in [1.807, 2.05) is 6.92 Å². The number of hydrogen-bond donors (Lipinski definition) is 3. The van der Waals surface area contributed by atoms with Crippen LogP contribution in [-0.4, -0.2) is 53.5 Å². The second-order valence-corrected chi connectivity index (χ2v) is 12.1. The van der Waals surface area contributed by atoms with E-state index < -0.39 is 47.5 Å². The standard InChI is InChI=1S/C34H46N4O6/c1-9-24-12-10-11-13-27(24)30(31(40)36-25-16-18-26(43-8)19-17-25)38(23(4)15-14-22(2)3)32(41)28(20-21-29(35)39)37-33(42)44-34(5,6)7/h1,10-13,16-19,22-23,28,30H,14-15,20-21H2,2-8H3,(H2,35,39)(H,36,40)(H,37,42). The molecule has 0 radical (unpaired) electrons. The molecule has 0 bridgehead atoms. The van der Waals surface area contributed by atoms with Crippen LogP contribution in [0.1, 0.15) is 84.4 Å². The Morgan fingerprint density at radius 2 is 1.61 bits per heavy atom. The van der Waals surface area contributed by atoms with Crippen LogP contribution in [0.2, 0.25) is 0 Å². The van der Waals surface area contributed by atoms with Crippen molar-refractivity contribution < 1.29 is 28.7 Å². The van der Waals surface area contributed by atoms with Gasteiger partial charge in [0.05, 0.1) is 7.11 Å². The highest BCUT2D eigenvalue weighted by Gasteiger charge is 2.39. The van der Waals surface area contributed by atoms with E-state index in [1.54, 1.807) is 76.4 Å². The Labute approximate surface area is 261 Å². The van der Waals surface area contributed by atoms with E-state index >= 15 is 0 Å². The molecule has 238 valence electrons. The lowest BCUT2D eigenvalue weighted by molar-refractivity contribution is -0.143. The summed E-state index contributed by atoms with van der Waals surface area (Å²) in [7, 11) is 1.54. The summed E-state index contributed by atoms with van der Waals surface area (Å²) < 4.78 is 10.6. The molecule has 0 aliphatic carbocycles. The summed E-state index contributed by atoms with van der Waals surface area (Å²) in [6.45, 7) is 11.1. The van der Waals surface area contributed by atoms with Crippen molar-refractivity contribution >= 4 is 29.5 Å². The molecule has 0 saturated carbocycles. The fourth-order valence-corrected chi connectivity index (χ4v) is 4.66. The Kier molecular flexibility index (Phi) is 13.3. The topological polar surface area (TPSA) is 140 Å². The number of terminal acetylenes is 1. The van der Waals surface area contributed by atoms with Gasteiger partial charge in [-0.3, -0.25) is 14.4 Å². The highest BCUT2D eigenvalue weighted by Crippen LogP contribution is 2.31. The maximum Gasteiger partial charge on any atom is 0.408 e.